The molecule has 0 saturated heterocycles. The highest BCUT2D eigenvalue weighted by Crippen LogP contribution is 2.12. The van der Waals surface area contributed by atoms with Crippen molar-refractivity contribution in [2.45, 2.75) is 12.5 Å². The van der Waals surface area contributed by atoms with Crippen LogP contribution in [-0.4, -0.2) is 25.2 Å². The Morgan fingerprint density at radius 3 is 2.53 bits per heavy atom. The Morgan fingerprint density at radius 2 is 1.84 bits per heavy atom. The molecule has 3 heteroatoms. The fourth-order valence-corrected chi connectivity index (χ4v) is 2.07. The maximum Gasteiger partial charge on any atom is 0.0657 e. The summed E-state index contributed by atoms with van der Waals surface area (Å²) in [6.45, 7) is 1.60. The lowest BCUT2D eigenvalue weighted by molar-refractivity contribution is 0.167. The van der Waals surface area contributed by atoms with Gasteiger partial charge in [-0.2, -0.15) is 0 Å². The van der Waals surface area contributed by atoms with Crippen LogP contribution in [0.1, 0.15) is 17.2 Å². The maximum atomic E-state index is 5.29. The number of benzene rings is 1. The first-order chi connectivity index (χ1) is 9.40. The zero-order valence-electron chi connectivity index (χ0n) is 11.3. The lowest BCUT2D eigenvalue weighted by atomic mass is 10.1. The van der Waals surface area contributed by atoms with Crippen LogP contribution in [0.25, 0.3) is 0 Å². The zero-order valence-corrected chi connectivity index (χ0v) is 11.3. The van der Waals surface area contributed by atoms with Crippen LogP contribution in [0.5, 0.6) is 0 Å². The van der Waals surface area contributed by atoms with Crippen LogP contribution in [-0.2, 0) is 11.2 Å². The lowest BCUT2D eigenvalue weighted by Gasteiger charge is -2.18. The topological polar surface area (TPSA) is 34.1 Å². The number of nitrogens with zero attached hydrogens (tertiary/aromatic N) is 1. The van der Waals surface area contributed by atoms with Gasteiger partial charge in [-0.15, -0.1) is 0 Å². The molecule has 0 aliphatic carbocycles. The molecule has 19 heavy (non-hydrogen) atoms. The van der Waals surface area contributed by atoms with Gasteiger partial charge in [0.05, 0.1) is 12.6 Å². The second kappa shape index (κ2) is 7.67. The zero-order chi connectivity index (χ0) is 13.3. The predicted octanol–water partition coefficient (Wildman–Crippen LogP) is 2.60. The number of hydrogen-bond acceptors (Lipinski definition) is 3. The predicted molar refractivity (Wildman–Crippen MR) is 77.0 cm³/mol. The second-order valence-electron chi connectivity index (χ2n) is 4.48. The molecule has 0 spiro atoms. The molecule has 0 aliphatic heterocycles. The van der Waals surface area contributed by atoms with Gasteiger partial charge >= 0.3 is 0 Å². The molecule has 1 N–H and O–H groups in total. The van der Waals surface area contributed by atoms with E-state index in [0.717, 1.165) is 13.0 Å². The number of methoxy groups -OCH3 is 1. The van der Waals surface area contributed by atoms with Crippen LogP contribution < -0.4 is 5.32 Å². The second-order valence-corrected chi connectivity index (χ2v) is 4.48. The molecule has 0 radical (unpaired) electrons. The summed E-state index contributed by atoms with van der Waals surface area (Å²) in [5, 5.41) is 3.54. The number of rotatable bonds is 7. The average molecular weight is 256 g/mol. The summed E-state index contributed by atoms with van der Waals surface area (Å²) in [6, 6.07) is 14.8. The smallest absolute Gasteiger partial charge is 0.0657 e. The molecule has 100 valence electrons. The first kappa shape index (κ1) is 13.7. The van der Waals surface area contributed by atoms with Crippen molar-refractivity contribution in [1.82, 2.24) is 10.3 Å². The molecule has 0 saturated carbocycles. The monoisotopic (exact) mass is 256 g/mol. The van der Waals surface area contributed by atoms with E-state index in [1.165, 1.54) is 11.1 Å². The number of pyridine rings is 1. The Balaban J connectivity index is 1.87. The normalized spacial score (nSPS) is 12.3. The molecule has 1 unspecified atom stereocenters. The molecule has 1 heterocycles. The van der Waals surface area contributed by atoms with Gasteiger partial charge in [0.1, 0.15) is 0 Å². The summed E-state index contributed by atoms with van der Waals surface area (Å²) in [7, 11) is 1.74. The van der Waals surface area contributed by atoms with E-state index >= 15 is 0 Å². The SMILES string of the molecule is COCC(NCCc1ccncc1)c1ccccc1. The number of aromatic nitrogens is 1. The van der Waals surface area contributed by atoms with E-state index in [4.69, 9.17) is 4.74 Å². The van der Waals surface area contributed by atoms with Crippen LogP contribution in [0.15, 0.2) is 54.9 Å². The van der Waals surface area contributed by atoms with Crippen molar-refractivity contribution in [3.63, 3.8) is 0 Å². The average Bonchev–Trinajstić information content (AvgIpc) is 2.48. The van der Waals surface area contributed by atoms with Gasteiger partial charge in [0.15, 0.2) is 0 Å². The van der Waals surface area contributed by atoms with Crippen LogP contribution in [0, 0.1) is 0 Å². The van der Waals surface area contributed by atoms with Gasteiger partial charge in [-0.05, 0) is 36.2 Å². The van der Waals surface area contributed by atoms with Gasteiger partial charge in [-0.3, -0.25) is 4.98 Å². The highest BCUT2D eigenvalue weighted by molar-refractivity contribution is 5.19. The third-order valence-corrected chi connectivity index (χ3v) is 3.09. The van der Waals surface area contributed by atoms with E-state index in [-0.39, 0.29) is 6.04 Å². The van der Waals surface area contributed by atoms with E-state index < -0.39 is 0 Å². The Labute approximate surface area is 114 Å². The molecule has 0 fully saturated rings. The van der Waals surface area contributed by atoms with Gasteiger partial charge in [0, 0.05) is 19.5 Å². The van der Waals surface area contributed by atoms with Crippen molar-refractivity contribution in [1.29, 1.82) is 0 Å². The van der Waals surface area contributed by atoms with Crippen LogP contribution >= 0.6 is 0 Å². The molecule has 0 bridgehead atoms. The molecule has 3 nitrogen and oxygen atoms in total. The van der Waals surface area contributed by atoms with Gasteiger partial charge in [-0.25, -0.2) is 0 Å². The van der Waals surface area contributed by atoms with E-state index in [2.05, 4.69) is 46.7 Å². The van der Waals surface area contributed by atoms with E-state index in [1.807, 2.05) is 18.5 Å². The largest absolute Gasteiger partial charge is 0.383 e. The van der Waals surface area contributed by atoms with Crippen LogP contribution in [0.4, 0.5) is 0 Å². The van der Waals surface area contributed by atoms with E-state index in [1.54, 1.807) is 7.11 Å². The number of nitrogens with one attached hydrogen (secondary N) is 1. The highest BCUT2D eigenvalue weighted by atomic mass is 16.5. The van der Waals surface area contributed by atoms with Crippen LogP contribution in [0.3, 0.4) is 0 Å². The molecule has 2 rings (SSSR count). The quantitative estimate of drug-likeness (QED) is 0.827. The van der Waals surface area contributed by atoms with Gasteiger partial charge in [-0.1, -0.05) is 30.3 Å². The Kier molecular flexibility index (Phi) is 5.53. The van der Waals surface area contributed by atoms with Gasteiger partial charge in [0.25, 0.3) is 0 Å². The minimum atomic E-state index is 0.244. The molecule has 1 aromatic heterocycles. The van der Waals surface area contributed by atoms with Crippen molar-refractivity contribution >= 4 is 0 Å². The number of hydrogen-bond donors (Lipinski definition) is 1. The first-order valence-corrected chi connectivity index (χ1v) is 6.56. The minimum Gasteiger partial charge on any atom is -0.383 e. The van der Waals surface area contributed by atoms with Crippen LogP contribution in [0.2, 0.25) is 0 Å². The lowest BCUT2D eigenvalue weighted by Crippen LogP contribution is -2.27. The molecule has 0 aliphatic rings. The summed E-state index contributed by atoms with van der Waals surface area (Å²) in [4.78, 5) is 4.03. The summed E-state index contributed by atoms with van der Waals surface area (Å²) in [5.74, 6) is 0. The molecular formula is C16H20N2O. The summed E-state index contributed by atoms with van der Waals surface area (Å²) in [5.41, 5.74) is 2.56. The Bertz CT molecular complexity index is 459. The third-order valence-electron chi connectivity index (χ3n) is 3.09. The molecule has 2 aromatic rings. The summed E-state index contributed by atoms with van der Waals surface area (Å²) in [6.07, 6.45) is 4.66. The Morgan fingerprint density at radius 1 is 1.11 bits per heavy atom. The standard InChI is InChI=1S/C16H20N2O/c1-19-13-16(15-5-3-2-4-6-15)18-12-9-14-7-10-17-11-8-14/h2-8,10-11,16,18H,9,12-13H2,1H3. The Hall–Kier alpha value is -1.71. The number of ether oxygens (including phenoxy) is 1. The van der Waals surface area contributed by atoms with E-state index in [9.17, 15) is 0 Å². The van der Waals surface area contributed by atoms with Gasteiger partial charge < -0.3 is 10.1 Å². The molecule has 1 atom stereocenters. The minimum absolute atomic E-state index is 0.244. The molecular weight excluding hydrogens is 236 g/mol. The van der Waals surface area contributed by atoms with Crippen molar-refractivity contribution < 1.29 is 4.74 Å². The van der Waals surface area contributed by atoms with Crippen molar-refractivity contribution in [2.75, 3.05) is 20.3 Å². The maximum absolute atomic E-state index is 5.29. The van der Waals surface area contributed by atoms with Gasteiger partial charge in [0.2, 0.25) is 0 Å². The third kappa shape index (κ3) is 4.47. The molecule has 1 aromatic carbocycles. The van der Waals surface area contributed by atoms with Crippen molar-refractivity contribution in [3.8, 4) is 0 Å². The van der Waals surface area contributed by atoms with Crippen molar-refractivity contribution in [2.24, 2.45) is 0 Å². The fourth-order valence-electron chi connectivity index (χ4n) is 2.07. The molecule has 0 amide bonds. The van der Waals surface area contributed by atoms with Crippen molar-refractivity contribution in [3.05, 3.63) is 66.0 Å². The van der Waals surface area contributed by atoms with E-state index in [0.29, 0.717) is 6.61 Å². The highest BCUT2D eigenvalue weighted by Gasteiger charge is 2.09. The fraction of sp³-hybridized carbons (Fsp3) is 0.312. The first-order valence-electron chi connectivity index (χ1n) is 6.56. The summed E-state index contributed by atoms with van der Waals surface area (Å²) < 4.78 is 5.29. The summed E-state index contributed by atoms with van der Waals surface area (Å²) >= 11 is 0.